The third kappa shape index (κ3) is 2.74. The molecule has 0 aromatic heterocycles. The van der Waals surface area contributed by atoms with Gasteiger partial charge in [-0.2, -0.15) is 0 Å². The maximum absolute atomic E-state index is 11.9. The molecule has 1 aliphatic carbocycles. The first-order chi connectivity index (χ1) is 7.22. The summed E-state index contributed by atoms with van der Waals surface area (Å²) in [5.41, 5.74) is 7.31. The zero-order valence-electron chi connectivity index (χ0n) is 9.35. The van der Waals surface area contributed by atoms with Gasteiger partial charge in [-0.05, 0) is 30.5 Å². The number of benzene rings is 1. The molecule has 16 heavy (non-hydrogen) atoms. The Labute approximate surface area is 102 Å². The van der Waals surface area contributed by atoms with Crippen LogP contribution in [0.25, 0.3) is 0 Å². The van der Waals surface area contributed by atoms with Crippen LogP contribution >= 0.6 is 12.4 Å². The third-order valence-electron chi connectivity index (χ3n) is 2.85. The van der Waals surface area contributed by atoms with E-state index in [2.05, 4.69) is 0 Å². The number of rotatable bonds is 3. The summed E-state index contributed by atoms with van der Waals surface area (Å²) in [5.74, 6) is 0.112. The van der Waals surface area contributed by atoms with Gasteiger partial charge in [0.25, 0.3) is 5.91 Å². The molecule has 1 aromatic rings. The van der Waals surface area contributed by atoms with Gasteiger partial charge in [0, 0.05) is 25.2 Å². The third-order valence-corrected chi connectivity index (χ3v) is 2.85. The van der Waals surface area contributed by atoms with Crippen molar-refractivity contribution in [3.8, 4) is 0 Å². The van der Waals surface area contributed by atoms with Crippen LogP contribution < -0.4 is 5.73 Å². The molecule has 1 fully saturated rings. The lowest BCUT2D eigenvalue weighted by atomic mass is 10.1. The average molecular weight is 241 g/mol. The normalized spacial score (nSPS) is 14.1. The molecule has 0 heterocycles. The second kappa shape index (κ2) is 5.32. The number of nitrogens with two attached hydrogens (primary N) is 1. The van der Waals surface area contributed by atoms with Gasteiger partial charge >= 0.3 is 0 Å². The highest BCUT2D eigenvalue weighted by Gasteiger charge is 2.29. The second-order valence-electron chi connectivity index (χ2n) is 4.05. The van der Waals surface area contributed by atoms with Gasteiger partial charge in [0.15, 0.2) is 0 Å². The van der Waals surface area contributed by atoms with Gasteiger partial charge in [-0.25, -0.2) is 0 Å². The van der Waals surface area contributed by atoms with Crippen molar-refractivity contribution < 1.29 is 4.79 Å². The predicted molar refractivity (Wildman–Crippen MR) is 66.7 cm³/mol. The summed E-state index contributed by atoms with van der Waals surface area (Å²) in [6, 6.07) is 7.99. The minimum absolute atomic E-state index is 0. The number of carbonyl (C=O) groups is 1. The number of halogens is 1. The predicted octanol–water partition coefficient (Wildman–Crippen LogP) is 1.80. The first-order valence-corrected chi connectivity index (χ1v) is 5.28. The SMILES string of the molecule is CN(C(=O)c1ccc(CN)cc1)C1CC1.Cl. The molecule has 0 aliphatic heterocycles. The summed E-state index contributed by atoms with van der Waals surface area (Å²) in [6.45, 7) is 0.521. The van der Waals surface area contributed by atoms with E-state index in [0.29, 0.717) is 12.6 Å². The topological polar surface area (TPSA) is 46.3 Å². The van der Waals surface area contributed by atoms with Crippen LogP contribution in [0.15, 0.2) is 24.3 Å². The zero-order valence-corrected chi connectivity index (χ0v) is 10.2. The fourth-order valence-corrected chi connectivity index (χ4v) is 1.61. The first-order valence-electron chi connectivity index (χ1n) is 5.28. The van der Waals surface area contributed by atoms with Gasteiger partial charge in [-0.15, -0.1) is 12.4 Å². The van der Waals surface area contributed by atoms with Crippen LogP contribution in [0.3, 0.4) is 0 Å². The smallest absolute Gasteiger partial charge is 0.253 e. The van der Waals surface area contributed by atoms with Crippen molar-refractivity contribution in [2.45, 2.75) is 25.4 Å². The van der Waals surface area contributed by atoms with Gasteiger partial charge < -0.3 is 10.6 Å². The van der Waals surface area contributed by atoms with E-state index < -0.39 is 0 Å². The van der Waals surface area contributed by atoms with E-state index in [4.69, 9.17) is 5.73 Å². The summed E-state index contributed by atoms with van der Waals surface area (Å²) in [5, 5.41) is 0. The van der Waals surface area contributed by atoms with Crippen molar-refractivity contribution in [1.29, 1.82) is 0 Å². The van der Waals surface area contributed by atoms with E-state index in [1.54, 1.807) is 0 Å². The molecule has 3 nitrogen and oxygen atoms in total. The van der Waals surface area contributed by atoms with E-state index in [9.17, 15) is 4.79 Å². The Kier molecular flexibility index (Phi) is 4.33. The largest absolute Gasteiger partial charge is 0.339 e. The van der Waals surface area contributed by atoms with Gasteiger partial charge in [0.05, 0.1) is 0 Å². The van der Waals surface area contributed by atoms with Crippen LogP contribution in [0, 0.1) is 0 Å². The minimum atomic E-state index is 0. The van der Waals surface area contributed by atoms with Gasteiger partial charge in [-0.3, -0.25) is 4.79 Å². The lowest BCUT2D eigenvalue weighted by molar-refractivity contribution is 0.0785. The monoisotopic (exact) mass is 240 g/mol. The maximum Gasteiger partial charge on any atom is 0.253 e. The molecule has 0 radical (unpaired) electrons. The molecule has 4 heteroatoms. The van der Waals surface area contributed by atoms with Crippen LogP contribution in [0.1, 0.15) is 28.8 Å². The molecule has 0 atom stereocenters. The number of amides is 1. The Hall–Kier alpha value is -1.06. The van der Waals surface area contributed by atoms with Crippen molar-refractivity contribution in [3.05, 3.63) is 35.4 Å². The summed E-state index contributed by atoms with van der Waals surface area (Å²) < 4.78 is 0. The molecule has 0 bridgehead atoms. The fourth-order valence-electron chi connectivity index (χ4n) is 1.61. The molecule has 1 aliphatic rings. The standard InChI is InChI=1S/C12H16N2O.ClH/c1-14(11-6-7-11)12(15)10-4-2-9(8-13)3-5-10;/h2-5,11H,6-8,13H2,1H3;1H. The lowest BCUT2D eigenvalue weighted by Gasteiger charge is -2.16. The summed E-state index contributed by atoms with van der Waals surface area (Å²) >= 11 is 0. The molecule has 0 unspecified atom stereocenters. The van der Waals surface area contributed by atoms with Crippen molar-refractivity contribution in [2.24, 2.45) is 5.73 Å². The van der Waals surface area contributed by atoms with Crippen molar-refractivity contribution in [3.63, 3.8) is 0 Å². The highest BCUT2D eigenvalue weighted by molar-refractivity contribution is 5.94. The molecular formula is C12H17ClN2O. The number of nitrogens with zero attached hydrogens (tertiary/aromatic N) is 1. The minimum Gasteiger partial charge on any atom is -0.339 e. The average Bonchev–Trinajstić information content (AvgIpc) is 3.11. The summed E-state index contributed by atoms with van der Waals surface area (Å²) in [7, 11) is 1.87. The highest BCUT2D eigenvalue weighted by Crippen LogP contribution is 2.26. The van der Waals surface area contributed by atoms with Crippen molar-refractivity contribution in [2.75, 3.05) is 7.05 Å². The van der Waals surface area contributed by atoms with Crippen LogP contribution in [-0.4, -0.2) is 23.9 Å². The lowest BCUT2D eigenvalue weighted by Crippen LogP contribution is -2.28. The Morgan fingerprint density at radius 1 is 1.38 bits per heavy atom. The molecule has 1 amide bonds. The molecule has 0 spiro atoms. The maximum atomic E-state index is 11.9. The van der Waals surface area contributed by atoms with E-state index in [-0.39, 0.29) is 18.3 Å². The molecule has 88 valence electrons. The first kappa shape index (κ1) is 13.0. The van der Waals surface area contributed by atoms with Crippen LogP contribution in [0.2, 0.25) is 0 Å². The van der Waals surface area contributed by atoms with E-state index >= 15 is 0 Å². The molecule has 2 N–H and O–H groups in total. The van der Waals surface area contributed by atoms with E-state index in [1.165, 1.54) is 0 Å². The van der Waals surface area contributed by atoms with Crippen molar-refractivity contribution in [1.82, 2.24) is 4.90 Å². The van der Waals surface area contributed by atoms with Gasteiger partial charge in [-0.1, -0.05) is 12.1 Å². The Balaban J connectivity index is 0.00000128. The molecule has 1 aromatic carbocycles. The summed E-state index contributed by atoms with van der Waals surface area (Å²) in [6.07, 6.45) is 2.28. The van der Waals surface area contributed by atoms with Crippen LogP contribution in [-0.2, 0) is 6.54 Å². The Morgan fingerprint density at radius 2 is 1.94 bits per heavy atom. The number of hydrogen-bond acceptors (Lipinski definition) is 2. The Bertz CT molecular complexity index is 360. The van der Waals surface area contributed by atoms with Crippen LogP contribution in [0.4, 0.5) is 0 Å². The Morgan fingerprint density at radius 3 is 2.38 bits per heavy atom. The molecule has 2 rings (SSSR count). The van der Waals surface area contributed by atoms with E-state index in [0.717, 1.165) is 24.0 Å². The summed E-state index contributed by atoms with van der Waals surface area (Å²) in [4.78, 5) is 13.8. The highest BCUT2D eigenvalue weighted by atomic mass is 35.5. The van der Waals surface area contributed by atoms with Crippen LogP contribution in [0.5, 0.6) is 0 Å². The number of hydrogen-bond donors (Lipinski definition) is 1. The fraction of sp³-hybridized carbons (Fsp3) is 0.417. The number of carbonyl (C=O) groups excluding carboxylic acids is 1. The quantitative estimate of drug-likeness (QED) is 0.876. The zero-order chi connectivity index (χ0) is 10.8. The van der Waals surface area contributed by atoms with E-state index in [1.807, 2.05) is 36.2 Å². The molecule has 0 saturated heterocycles. The van der Waals surface area contributed by atoms with Gasteiger partial charge in [0.1, 0.15) is 0 Å². The van der Waals surface area contributed by atoms with Crippen molar-refractivity contribution >= 4 is 18.3 Å². The second-order valence-corrected chi connectivity index (χ2v) is 4.05. The molecular weight excluding hydrogens is 224 g/mol. The van der Waals surface area contributed by atoms with Gasteiger partial charge in [0.2, 0.25) is 0 Å². The molecule has 1 saturated carbocycles.